The second-order valence-corrected chi connectivity index (χ2v) is 7.32. The second-order valence-electron chi connectivity index (χ2n) is 7.32. The van der Waals surface area contributed by atoms with E-state index >= 15 is 0 Å². The Kier molecular flexibility index (Phi) is 4.77. The first-order chi connectivity index (χ1) is 12.7. The maximum absolute atomic E-state index is 6.07. The summed E-state index contributed by atoms with van der Waals surface area (Å²) < 4.78 is 11.7. The first-order valence-corrected chi connectivity index (χ1v) is 9.54. The Balaban J connectivity index is 1.74. The zero-order chi connectivity index (χ0) is 18.1. The highest BCUT2D eigenvalue weighted by molar-refractivity contribution is 5.69. The van der Waals surface area contributed by atoms with Crippen LogP contribution in [0.4, 0.5) is 5.69 Å². The predicted octanol–water partition coefficient (Wildman–Crippen LogP) is 3.40. The van der Waals surface area contributed by atoms with Gasteiger partial charge in [-0.2, -0.15) is 0 Å². The van der Waals surface area contributed by atoms with Gasteiger partial charge in [-0.3, -0.25) is 0 Å². The molecule has 2 aliphatic rings. The van der Waals surface area contributed by atoms with Crippen molar-refractivity contribution in [2.24, 2.45) is 0 Å². The van der Waals surface area contributed by atoms with Crippen LogP contribution in [0.15, 0.2) is 24.3 Å². The summed E-state index contributed by atoms with van der Waals surface area (Å²) in [6.45, 7) is 8.99. The summed E-state index contributed by atoms with van der Waals surface area (Å²) in [6.07, 6.45) is 2.18. The minimum Gasteiger partial charge on any atom is -0.496 e. The van der Waals surface area contributed by atoms with Gasteiger partial charge in [-0.1, -0.05) is 17.7 Å². The third-order valence-electron chi connectivity index (χ3n) is 5.59. The molecule has 0 aliphatic carbocycles. The SMILES string of the molecule is COc1ccc(C)cc1CN1CCOc2cc3c(c(C)c21)CCNCC3. The molecule has 26 heavy (non-hydrogen) atoms. The zero-order valence-electron chi connectivity index (χ0n) is 16.0. The van der Waals surface area contributed by atoms with Crippen molar-refractivity contribution < 1.29 is 9.47 Å². The van der Waals surface area contributed by atoms with Crippen molar-refractivity contribution >= 4 is 5.69 Å². The van der Waals surface area contributed by atoms with E-state index in [0.29, 0.717) is 0 Å². The summed E-state index contributed by atoms with van der Waals surface area (Å²) >= 11 is 0. The maximum Gasteiger partial charge on any atom is 0.143 e. The quantitative estimate of drug-likeness (QED) is 0.918. The van der Waals surface area contributed by atoms with Gasteiger partial charge in [0.1, 0.15) is 18.1 Å². The molecule has 4 nitrogen and oxygen atoms in total. The second kappa shape index (κ2) is 7.20. The van der Waals surface area contributed by atoms with Gasteiger partial charge in [0, 0.05) is 12.1 Å². The molecule has 0 spiro atoms. The molecule has 0 radical (unpaired) electrons. The number of ether oxygens (including phenoxy) is 2. The number of rotatable bonds is 3. The largest absolute Gasteiger partial charge is 0.496 e. The topological polar surface area (TPSA) is 33.7 Å². The third-order valence-corrected chi connectivity index (χ3v) is 5.59. The van der Waals surface area contributed by atoms with Crippen LogP contribution >= 0.6 is 0 Å². The monoisotopic (exact) mass is 352 g/mol. The van der Waals surface area contributed by atoms with Crippen molar-refractivity contribution in [2.45, 2.75) is 33.2 Å². The molecule has 0 unspecified atom stereocenters. The van der Waals surface area contributed by atoms with Crippen molar-refractivity contribution in [1.82, 2.24) is 5.32 Å². The van der Waals surface area contributed by atoms with Crippen LogP contribution in [0.25, 0.3) is 0 Å². The lowest BCUT2D eigenvalue weighted by Crippen LogP contribution is -2.33. The van der Waals surface area contributed by atoms with E-state index in [4.69, 9.17) is 9.47 Å². The van der Waals surface area contributed by atoms with Gasteiger partial charge in [0.2, 0.25) is 0 Å². The number of hydrogen-bond donors (Lipinski definition) is 1. The standard InChI is InChI=1S/C22H28N2O2/c1-15-4-5-20(25-3)18(12-15)14-24-10-11-26-21-13-17-6-8-23-9-7-19(17)16(2)22(21)24/h4-5,12-13,23H,6-11,14H2,1-3H3. The molecule has 2 aromatic rings. The molecular formula is C22H28N2O2. The van der Waals surface area contributed by atoms with Gasteiger partial charge < -0.3 is 19.7 Å². The number of fused-ring (bicyclic) bond motifs is 2. The molecule has 0 aromatic heterocycles. The lowest BCUT2D eigenvalue weighted by atomic mass is 9.94. The van der Waals surface area contributed by atoms with Crippen molar-refractivity contribution in [2.75, 3.05) is 38.3 Å². The predicted molar refractivity (Wildman–Crippen MR) is 106 cm³/mol. The molecule has 138 valence electrons. The van der Waals surface area contributed by atoms with Crippen LogP contribution in [0.1, 0.15) is 27.8 Å². The van der Waals surface area contributed by atoms with Crippen LogP contribution in [0.2, 0.25) is 0 Å². The Morgan fingerprint density at radius 2 is 2.00 bits per heavy atom. The average molecular weight is 352 g/mol. The van der Waals surface area contributed by atoms with Crippen LogP contribution in [0, 0.1) is 13.8 Å². The zero-order valence-corrected chi connectivity index (χ0v) is 16.0. The molecule has 2 aliphatic heterocycles. The first-order valence-electron chi connectivity index (χ1n) is 9.54. The molecule has 4 heteroatoms. The van der Waals surface area contributed by atoms with Gasteiger partial charge in [-0.15, -0.1) is 0 Å². The van der Waals surface area contributed by atoms with Crippen molar-refractivity contribution in [3.05, 3.63) is 52.1 Å². The number of nitrogens with zero attached hydrogens (tertiary/aromatic N) is 1. The molecule has 0 saturated heterocycles. The molecule has 0 amide bonds. The lowest BCUT2D eigenvalue weighted by molar-refractivity contribution is 0.305. The highest BCUT2D eigenvalue weighted by atomic mass is 16.5. The number of anilines is 1. The Morgan fingerprint density at radius 3 is 2.85 bits per heavy atom. The fourth-order valence-corrected chi connectivity index (χ4v) is 4.29. The van der Waals surface area contributed by atoms with Crippen LogP contribution in [-0.4, -0.2) is 33.4 Å². The third kappa shape index (κ3) is 3.14. The summed E-state index contributed by atoms with van der Waals surface area (Å²) in [6, 6.07) is 8.69. The van der Waals surface area contributed by atoms with E-state index in [2.05, 4.69) is 48.3 Å². The van der Waals surface area contributed by atoms with E-state index in [1.165, 1.54) is 33.5 Å². The van der Waals surface area contributed by atoms with Gasteiger partial charge in [0.25, 0.3) is 0 Å². The Hall–Kier alpha value is -2.20. The fraction of sp³-hybridized carbons (Fsp3) is 0.455. The first kappa shape index (κ1) is 17.2. The molecule has 0 bridgehead atoms. The molecule has 2 aromatic carbocycles. The van der Waals surface area contributed by atoms with Gasteiger partial charge in [-0.25, -0.2) is 0 Å². The van der Waals surface area contributed by atoms with Crippen molar-refractivity contribution in [3.63, 3.8) is 0 Å². The van der Waals surface area contributed by atoms with Gasteiger partial charge in [0.05, 0.1) is 19.3 Å². The summed E-state index contributed by atoms with van der Waals surface area (Å²) in [7, 11) is 1.75. The van der Waals surface area contributed by atoms with E-state index in [0.717, 1.165) is 57.1 Å². The average Bonchev–Trinajstić information content (AvgIpc) is 2.88. The fourth-order valence-electron chi connectivity index (χ4n) is 4.29. The molecule has 0 saturated carbocycles. The van der Waals surface area contributed by atoms with Crippen LogP contribution < -0.4 is 19.7 Å². The van der Waals surface area contributed by atoms with Gasteiger partial charge >= 0.3 is 0 Å². The van der Waals surface area contributed by atoms with E-state index in [1.54, 1.807) is 7.11 Å². The highest BCUT2D eigenvalue weighted by Gasteiger charge is 2.25. The van der Waals surface area contributed by atoms with Crippen LogP contribution in [0.3, 0.4) is 0 Å². The lowest BCUT2D eigenvalue weighted by Gasteiger charge is -2.34. The van der Waals surface area contributed by atoms with E-state index in [9.17, 15) is 0 Å². The van der Waals surface area contributed by atoms with E-state index < -0.39 is 0 Å². The number of methoxy groups -OCH3 is 1. The smallest absolute Gasteiger partial charge is 0.143 e. The molecule has 0 atom stereocenters. The van der Waals surface area contributed by atoms with Gasteiger partial charge in [-0.05, 0) is 68.6 Å². The van der Waals surface area contributed by atoms with E-state index in [-0.39, 0.29) is 0 Å². The Labute approximate surface area is 156 Å². The minimum atomic E-state index is 0.734. The maximum atomic E-state index is 6.07. The van der Waals surface area contributed by atoms with Gasteiger partial charge in [0.15, 0.2) is 0 Å². The Bertz CT molecular complexity index is 816. The van der Waals surface area contributed by atoms with Crippen molar-refractivity contribution in [3.8, 4) is 11.5 Å². The number of benzene rings is 2. The summed E-state index contributed by atoms with van der Waals surface area (Å²) in [5.74, 6) is 2.00. The minimum absolute atomic E-state index is 0.734. The summed E-state index contributed by atoms with van der Waals surface area (Å²) in [5.41, 5.74) is 8.09. The molecule has 4 rings (SSSR count). The highest BCUT2D eigenvalue weighted by Crippen LogP contribution is 2.40. The molecule has 2 heterocycles. The normalized spacial score (nSPS) is 16.3. The summed E-state index contributed by atoms with van der Waals surface area (Å²) in [4.78, 5) is 2.46. The molecular weight excluding hydrogens is 324 g/mol. The molecule has 1 N–H and O–H groups in total. The number of hydrogen-bond acceptors (Lipinski definition) is 4. The number of nitrogens with one attached hydrogen (secondary N) is 1. The Morgan fingerprint density at radius 1 is 1.15 bits per heavy atom. The number of aryl methyl sites for hydroxylation is 1. The molecule has 0 fully saturated rings. The summed E-state index contributed by atoms with van der Waals surface area (Å²) in [5, 5.41) is 3.51. The van der Waals surface area contributed by atoms with E-state index in [1.807, 2.05) is 0 Å². The van der Waals surface area contributed by atoms with Crippen LogP contribution in [-0.2, 0) is 19.4 Å². The van der Waals surface area contributed by atoms with Crippen molar-refractivity contribution in [1.29, 1.82) is 0 Å². The van der Waals surface area contributed by atoms with Crippen LogP contribution in [0.5, 0.6) is 11.5 Å².